The summed E-state index contributed by atoms with van der Waals surface area (Å²) in [5, 5.41) is 2.10. The average Bonchev–Trinajstić information content (AvgIpc) is 3.69. The number of ether oxygens (including phenoxy) is 3. The van der Waals surface area contributed by atoms with Gasteiger partial charge in [-0.2, -0.15) is 0 Å². The van der Waals surface area contributed by atoms with Crippen molar-refractivity contribution in [2.24, 2.45) is 0 Å². The fourth-order valence-electron chi connectivity index (χ4n) is 6.21. The van der Waals surface area contributed by atoms with Gasteiger partial charge >= 0.3 is 5.97 Å². The van der Waals surface area contributed by atoms with E-state index in [0.29, 0.717) is 34.3 Å². The molecule has 8 aromatic rings. The van der Waals surface area contributed by atoms with Crippen LogP contribution < -0.4 is 14.2 Å². The molecule has 270 valence electrons. The van der Waals surface area contributed by atoms with Gasteiger partial charge in [0, 0.05) is 31.7 Å². The Morgan fingerprint density at radius 1 is 0.509 bits per heavy atom. The molecule has 8 rings (SSSR count). The van der Waals surface area contributed by atoms with Crippen LogP contribution >= 0.6 is 21.6 Å². The second-order valence-electron chi connectivity index (χ2n) is 12.6. The summed E-state index contributed by atoms with van der Waals surface area (Å²) in [5.74, 6) is 2.00. The first-order valence-electron chi connectivity index (χ1n) is 17.8. The van der Waals surface area contributed by atoms with Crippen molar-refractivity contribution in [1.82, 2.24) is 0 Å². The zero-order chi connectivity index (χ0) is 37.5. The monoisotopic (exact) mass is 756 g/mol. The van der Waals surface area contributed by atoms with Gasteiger partial charge in [-0.1, -0.05) is 121 Å². The first-order valence-corrected chi connectivity index (χ1v) is 20.2. The number of carbonyl (C=O) groups is 1. The number of para-hydroxylation sites is 3. The Hall–Kier alpha value is -6.54. The molecule has 0 aliphatic carbocycles. The van der Waals surface area contributed by atoms with Crippen molar-refractivity contribution in [1.29, 1.82) is 0 Å². The first-order chi connectivity index (χ1) is 27.1. The van der Waals surface area contributed by atoms with E-state index >= 15 is 4.79 Å². The third kappa shape index (κ3) is 7.62. The molecule has 0 aliphatic heterocycles. The highest BCUT2D eigenvalue weighted by Gasteiger charge is 2.39. The molecule has 0 spiro atoms. The Morgan fingerprint density at radius 3 is 1.42 bits per heavy atom. The van der Waals surface area contributed by atoms with Gasteiger partial charge in [0.05, 0.1) is 9.77 Å². The molecule has 55 heavy (non-hydrogen) atoms. The van der Waals surface area contributed by atoms with Crippen LogP contribution in [0.1, 0.15) is 15.9 Å². The Labute approximate surface area is 326 Å². The maximum Gasteiger partial charge on any atom is 0.350 e. The maximum atomic E-state index is 15.5. The minimum Gasteiger partial charge on any atom is -0.453 e. The molecule has 0 unspecified atom stereocenters. The average molecular weight is 757 g/mol. The number of hydrogen-bond acceptors (Lipinski definition) is 6. The van der Waals surface area contributed by atoms with E-state index in [4.69, 9.17) is 18.4 Å². The summed E-state index contributed by atoms with van der Waals surface area (Å²) in [5.41, 5.74) is 2.57. The van der Waals surface area contributed by atoms with Gasteiger partial charge in [0.25, 0.3) is 0 Å². The van der Waals surface area contributed by atoms with E-state index < -0.39 is 16.3 Å². The molecule has 0 bridgehead atoms. The minimum atomic E-state index is -2.60. The van der Waals surface area contributed by atoms with Crippen molar-refractivity contribution in [3.8, 4) is 45.6 Å². The molecule has 0 saturated carbocycles. The summed E-state index contributed by atoms with van der Waals surface area (Å²) in [6.45, 7) is 2.06. The maximum absolute atomic E-state index is 15.5. The van der Waals surface area contributed by atoms with Crippen LogP contribution in [0.5, 0.6) is 34.5 Å². The second-order valence-corrected chi connectivity index (χ2v) is 16.4. The van der Waals surface area contributed by atoms with E-state index in [0.717, 1.165) is 25.1 Å². The molecule has 1 heterocycles. The predicted molar refractivity (Wildman–Crippen MR) is 221 cm³/mol. The van der Waals surface area contributed by atoms with E-state index in [9.17, 15) is 0 Å². The fraction of sp³-hybridized carbons (Fsp3) is 0.0208. The smallest absolute Gasteiger partial charge is 0.350 e. The number of hydrogen-bond donors (Lipinski definition) is 0. The minimum absolute atomic E-state index is 0.250. The molecule has 0 amide bonds. The summed E-state index contributed by atoms with van der Waals surface area (Å²) in [6, 6.07) is 61.9. The summed E-state index contributed by atoms with van der Waals surface area (Å²) >= 11 is 1.59. The van der Waals surface area contributed by atoms with Crippen molar-refractivity contribution in [3.63, 3.8) is 0 Å². The third-order valence-corrected chi connectivity index (χ3v) is 13.5. The zero-order valence-electron chi connectivity index (χ0n) is 29.9. The first kappa shape index (κ1) is 35.5. The Kier molecular flexibility index (Phi) is 10.5. The Morgan fingerprint density at radius 2 is 0.945 bits per heavy atom. The largest absolute Gasteiger partial charge is 0.453 e. The van der Waals surface area contributed by atoms with Crippen molar-refractivity contribution in [2.75, 3.05) is 0 Å². The van der Waals surface area contributed by atoms with Crippen LogP contribution in [-0.4, -0.2) is 5.97 Å². The number of aryl methyl sites for hydroxylation is 1. The van der Waals surface area contributed by atoms with Gasteiger partial charge in [0.2, 0.25) is 5.75 Å². The highest BCUT2D eigenvalue weighted by atomic mass is 32.3. The van der Waals surface area contributed by atoms with Crippen LogP contribution in [0, 0.1) is 6.92 Å². The van der Waals surface area contributed by atoms with Gasteiger partial charge in [0.1, 0.15) is 17.2 Å². The van der Waals surface area contributed by atoms with Gasteiger partial charge in [-0.15, -0.1) is 11.3 Å². The zero-order valence-corrected chi connectivity index (χ0v) is 31.5. The number of thiophene rings is 1. The van der Waals surface area contributed by atoms with E-state index in [1.165, 1.54) is 0 Å². The SMILES string of the molecule is Cc1csc(S(OC(=O)c2cc(Oc3ccccc3)c(Oc3ccccc3)c(Oc3ccccc3)c2-c2ccccc2)(c2ccccc2)c2ccccc2)c1. The van der Waals surface area contributed by atoms with Crippen molar-refractivity contribution in [2.45, 2.75) is 20.9 Å². The summed E-state index contributed by atoms with van der Waals surface area (Å²) in [6.07, 6.45) is 0. The van der Waals surface area contributed by atoms with Crippen molar-refractivity contribution < 1.29 is 23.2 Å². The van der Waals surface area contributed by atoms with Gasteiger partial charge in [-0.25, -0.2) is 4.79 Å². The second kappa shape index (κ2) is 16.2. The number of benzene rings is 7. The normalized spacial score (nSPS) is 11.4. The van der Waals surface area contributed by atoms with Crippen molar-refractivity contribution in [3.05, 3.63) is 211 Å². The number of rotatable bonds is 12. The predicted octanol–water partition coefficient (Wildman–Crippen LogP) is 14.2. The van der Waals surface area contributed by atoms with Gasteiger partial charge in [-0.05, 0) is 90.2 Å². The molecule has 0 N–H and O–H groups in total. The lowest BCUT2D eigenvalue weighted by Gasteiger charge is -2.38. The van der Waals surface area contributed by atoms with Crippen LogP contribution in [0.2, 0.25) is 0 Å². The molecule has 0 radical (unpaired) electrons. The molecular weight excluding hydrogens is 721 g/mol. The van der Waals surface area contributed by atoms with E-state index in [2.05, 4.69) is 18.4 Å². The number of carbonyl (C=O) groups excluding carboxylic acids is 1. The van der Waals surface area contributed by atoms with Crippen LogP contribution in [0.3, 0.4) is 0 Å². The summed E-state index contributed by atoms with van der Waals surface area (Å²) < 4.78 is 28.2. The van der Waals surface area contributed by atoms with E-state index in [-0.39, 0.29) is 11.3 Å². The molecule has 0 aliphatic rings. The molecule has 0 fully saturated rings. The molecule has 0 atom stereocenters. The van der Waals surface area contributed by atoms with Crippen LogP contribution in [0.4, 0.5) is 0 Å². The molecule has 7 heteroatoms. The molecule has 0 saturated heterocycles. The van der Waals surface area contributed by atoms with Crippen LogP contribution in [-0.2, 0) is 4.18 Å². The molecule has 1 aromatic heterocycles. The van der Waals surface area contributed by atoms with Crippen molar-refractivity contribution >= 4 is 27.6 Å². The Balaban J connectivity index is 1.41. The lowest BCUT2D eigenvalue weighted by Crippen LogP contribution is -2.15. The quantitative estimate of drug-likeness (QED) is 0.124. The van der Waals surface area contributed by atoms with Gasteiger partial charge in [0.15, 0.2) is 11.5 Å². The standard InChI is InChI=1S/C48H36O5S2/c1-35-32-44(54-34-35)55(40-28-16-6-17-29-40,41-30-18-7-19-31-41)53-48(49)42-33-43(50-37-22-10-3-11-23-37)46(51-38-24-12-4-13-25-38)47(52-39-26-14-5-15-27-39)45(42)36-20-8-2-9-21-36/h2-34H,1H3. The van der Waals surface area contributed by atoms with E-state index in [1.54, 1.807) is 17.4 Å². The molecule has 7 aromatic carbocycles. The highest BCUT2D eigenvalue weighted by molar-refractivity contribution is 8.31. The van der Waals surface area contributed by atoms with E-state index in [1.807, 2.05) is 182 Å². The molecule has 5 nitrogen and oxygen atoms in total. The van der Waals surface area contributed by atoms with Gasteiger partial charge < -0.3 is 18.4 Å². The van der Waals surface area contributed by atoms with Crippen LogP contribution in [0.15, 0.2) is 214 Å². The van der Waals surface area contributed by atoms with Gasteiger partial charge in [-0.3, -0.25) is 0 Å². The topological polar surface area (TPSA) is 54.0 Å². The third-order valence-electron chi connectivity index (χ3n) is 8.72. The van der Waals surface area contributed by atoms with Crippen LogP contribution in [0.25, 0.3) is 11.1 Å². The summed E-state index contributed by atoms with van der Waals surface area (Å²) in [7, 11) is -2.60. The lowest BCUT2D eigenvalue weighted by molar-refractivity contribution is 0.0757. The summed E-state index contributed by atoms with van der Waals surface area (Å²) in [4.78, 5) is 17.3. The molecular formula is C48H36O5S2. The Bertz CT molecular complexity index is 2450. The fourth-order valence-corrected chi connectivity index (χ4v) is 11.0. The highest BCUT2D eigenvalue weighted by Crippen LogP contribution is 2.71. The lowest BCUT2D eigenvalue weighted by atomic mass is 9.97.